The van der Waals surface area contributed by atoms with E-state index >= 15 is 0 Å². The minimum atomic E-state index is -4.62. The molecule has 3 aromatic carbocycles. The fraction of sp³-hybridized carbons (Fsp3) is 0.174. The maximum absolute atomic E-state index is 13.4. The molecule has 0 saturated heterocycles. The molecule has 8 heteroatoms. The van der Waals surface area contributed by atoms with Gasteiger partial charge in [-0.3, -0.25) is 4.90 Å². The van der Waals surface area contributed by atoms with Gasteiger partial charge < -0.3 is 10.2 Å². The van der Waals surface area contributed by atoms with Crippen molar-refractivity contribution in [2.24, 2.45) is 0 Å². The molecule has 0 aliphatic heterocycles. The molecule has 0 radical (unpaired) electrons. The van der Waals surface area contributed by atoms with Crippen LogP contribution in [0.5, 0.6) is 0 Å². The number of amides is 2. The fourth-order valence-corrected chi connectivity index (χ4v) is 3.01. The lowest BCUT2D eigenvalue weighted by Crippen LogP contribution is -2.35. The van der Waals surface area contributed by atoms with Gasteiger partial charge in [-0.1, -0.05) is 24.3 Å². The van der Waals surface area contributed by atoms with E-state index in [4.69, 9.17) is 0 Å². The maximum atomic E-state index is 13.4. The lowest BCUT2D eigenvalue weighted by atomic mass is 10.1. The highest BCUT2D eigenvalue weighted by molar-refractivity contribution is 6.02. The molecule has 1 N–H and O–H groups in total. The van der Waals surface area contributed by atoms with Gasteiger partial charge in [-0.15, -0.1) is 0 Å². The first-order valence-electron chi connectivity index (χ1n) is 9.42. The fourth-order valence-electron chi connectivity index (χ4n) is 3.01. The van der Waals surface area contributed by atoms with Crippen LogP contribution in [-0.2, 0) is 12.7 Å². The third kappa shape index (κ3) is 5.53. The molecule has 0 atom stereocenters. The Hall–Kier alpha value is -3.55. The van der Waals surface area contributed by atoms with Crippen LogP contribution in [0.2, 0.25) is 0 Å². The monoisotopic (exact) mass is 431 g/mol. The topological polar surface area (TPSA) is 35.6 Å². The lowest BCUT2D eigenvalue weighted by Gasteiger charge is -2.25. The van der Waals surface area contributed by atoms with Gasteiger partial charge >= 0.3 is 12.2 Å². The van der Waals surface area contributed by atoms with E-state index in [2.05, 4.69) is 5.32 Å². The molecule has 0 heterocycles. The Morgan fingerprint density at radius 2 is 1.45 bits per heavy atom. The smallest absolute Gasteiger partial charge is 0.378 e. The molecule has 0 saturated carbocycles. The minimum Gasteiger partial charge on any atom is -0.378 e. The standard InChI is InChI=1S/C23H21F4N3O/c1-29(2)18-11-7-16(8-12-18)15-30(19-13-9-17(24)10-14-19)22(31)28-21-6-4-3-5-20(21)23(25,26)27/h3-14H,15H2,1-2H3,(H,28,31). The average Bonchev–Trinajstić information content (AvgIpc) is 2.72. The molecule has 0 aliphatic rings. The molecule has 31 heavy (non-hydrogen) atoms. The molecule has 162 valence electrons. The Morgan fingerprint density at radius 3 is 2.03 bits per heavy atom. The first kappa shape index (κ1) is 22.1. The van der Waals surface area contributed by atoms with Crippen molar-refractivity contribution < 1.29 is 22.4 Å². The number of para-hydroxylation sites is 1. The van der Waals surface area contributed by atoms with Crippen LogP contribution < -0.4 is 15.1 Å². The van der Waals surface area contributed by atoms with Gasteiger partial charge in [0.1, 0.15) is 5.82 Å². The number of carbonyl (C=O) groups is 1. The molecule has 0 unspecified atom stereocenters. The maximum Gasteiger partial charge on any atom is 0.418 e. The molecule has 4 nitrogen and oxygen atoms in total. The molecule has 2 amide bonds. The Bertz CT molecular complexity index is 1030. The lowest BCUT2D eigenvalue weighted by molar-refractivity contribution is -0.136. The van der Waals surface area contributed by atoms with Crippen molar-refractivity contribution in [1.82, 2.24) is 0 Å². The largest absolute Gasteiger partial charge is 0.418 e. The first-order valence-corrected chi connectivity index (χ1v) is 9.42. The summed E-state index contributed by atoms with van der Waals surface area (Å²) in [7, 11) is 3.79. The summed E-state index contributed by atoms with van der Waals surface area (Å²) in [5.74, 6) is -0.484. The van der Waals surface area contributed by atoms with E-state index in [1.807, 2.05) is 43.3 Å². The molecule has 0 aliphatic carbocycles. The van der Waals surface area contributed by atoms with Crippen molar-refractivity contribution in [3.05, 3.63) is 89.7 Å². The number of halogens is 4. The summed E-state index contributed by atoms with van der Waals surface area (Å²) in [6.07, 6.45) is -4.62. The average molecular weight is 431 g/mol. The summed E-state index contributed by atoms with van der Waals surface area (Å²) in [4.78, 5) is 16.2. The summed E-state index contributed by atoms with van der Waals surface area (Å²) in [5.41, 5.74) is 0.766. The van der Waals surface area contributed by atoms with E-state index in [0.29, 0.717) is 5.69 Å². The van der Waals surface area contributed by atoms with Crippen molar-refractivity contribution in [1.29, 1.82) is 0 Å². The van der Waals surface area contributed by atoms with Crippen LogP contribution in [0.25, 0.3) is 0 Å². The predicted octanol–water partition coefficient (Wildman–Crippen LogP) is 6.15. The van der Waals surface area contributed by atoms with Crippen molar-refractivity contribution >= 4 is 23.1 Å². The Kier molecular flexibility index (Phi) is 6.48. The zero-order valence-corrected chi connectivity index (χ0v) is 16.9. The summed E-state index contributed by atoms with van der Waals surface area (Å²) in [5, 5.41) is 2.35. The highest BCUT2D eigenvalue weighted by Crippen LogP contribution is 2.35. The summed E-state index contributed by atoms with van der Waals surface area (Å²) in [6.45, 7) is 0.0827. The molecular weight excluding hydrogens is 410 g/mol. The Morgan fingerprint density at radius 1 is 0.871 bits per heavy atom. The number of hydrogen-bond acceptors (Lipinski definition) is 2. The number of alkyl halides is 3. The minimum absolute atomic E-state index is 0.0827. The highest BCUT2D eigenvalue weighted by atomic mass is 19.4. The van der Waals surface area contributed by atoms with Gasteiger partial charge in [0.2, 0.25) is 0 Å². The number of carbonyl (C=O) groups excluding carboxylic acids is 1. The summed E-state index contributed by atoms with van der Waals surface area (Å²) >= 11 is 0. The molecular formula is C23H21F4N3O. The van der Waals surface area contributed by atoms with Gasteiger partial charge in [0.25, 0.3) is 0 Å². The van der Waals surface area contributed by atoms with Gasteiger partial charge in [0.05, 0.1) is 17.8 Å². The molecule has 3 rings (SSSR count). The van der Waals surface area contributed by atoms with Crippen molar-refractivity contribution in [3.63, 3.8) is 0 Å². The Balaban J connectivity index is 1.91. The van der Waals surface area contributed by atoms with E-state index in [9.17, 15) is 22.4 Å². The quantitative estimate of drug-likeness (QED) is 0.492. The molecule has 0 bridgehead atoms. The van der Waals surface area contributed by atoms with E-state index in [-0.39, 0.29) is 12.2 Å². The van der Waals surface area contributed by atoms with E-state index in [0.717, 1.165) is 17.3 Å². The Labute approximate surface area is 177 Å². The number of benzene rings is 3. The first-order chi connectivity index (χ1) is 14.6. The predicted molar refractivity (Wildman–Crippen MR) is 114 cm³/mol. The van der Waals surface area contributed by atoms with Gasteiger partial charge in [0.15, 0.2) is 0 Å². The molecule has 3 aromatic rings. The molecule has 0 fully saturated rings. The number of hydrogen-bond donors (Lipinski definition) is 1. The normalized spacial score (nSPS) is 11.2. The third-order valence-electron chi connectivity index (χ3n) is 4.65. The summed E-state index contributed by atoms with van der Waals surface area (Å²) < 4.78 is 53.3. The van der Waals surface area contributed by atoms with Crippen LogP contribution in [0, 0.1) is 5.82 Å². The highest BCUT2D eigenvalue weighted by Gasteiger charge is 2.34. The molecule has 0 spiro atoms. The van der Waals surface area contributed by atoms with Crippen molar-refractivity contribution in [2.75, 3.05) is 29.2 Å². The second-order valence-corrected chi connectivity index (χ2v) is 7.10. The number of nitrogens with one attached hydrogen (secondary N) is 1. The van der Waals surface area contributed by atoms with Crippen LogP contribution in [0.15, 0.2) is 72.8 Å². The number of nitrogens with zero attached hydrogens (tertiary/aromatic N) is 2. The van der Waals surface area contributed by atoms with E-state index in [1.165, 1.54) is 47.4 Å². The van der Waals surface area contributed by atoms with Gasteiger partial charge in [-0.05, 0) is 54.1 Å². The molecule has 0 aromatic heterocycles. The summed E-state index contributed by atoms with van der Waals surface area (Å²) in [6, 6.07) is 16.6. The van der Waals surface area contributed by atoms with Gasteiger partial charge in [-0.25, -0.2) is 9.18 Å². The zero-order valence-electron chi connectivity index (χ0n) is 16.9. The van der Waals surface area contributed by atoms with Gasteiger partial charge in [-0.2, -0.15) is 13.2 Å². The van der Waals surface area contributed by atoms with E-state index in [1.54, 1.807) is 0 Å². The van der Waals surface area contributed by atoms with Crippen molar-refractivity contribution in [2.45, 2.75) is 12.7 Å². The second kappa shape index (κ2) is 9.07. The SMILES string of the molecule is CN(C)c1ccc(CN(C(=O)Nc2ccccc2C(F)(F)F)c2ccc(F)cc2)cc1. The van der Waals surface area contributed by atoms with Gasteiger partial charge in [0, 0.05) is 25.5 Å². The van der Waals surface area contributed by atoms with Crippen LogP contribution in [-0.4, -0.2) is 20.1 Å². The third-order valence-corrected chi connectivity index (χ3v) is 4.65. The van der Waals surface area contributed by atoms with Crippen LogP contribution in [0.3, 0.4) is 0 Å². The van der Waals surface area contributed by atoms with Crippen LogP contribution in [0.1, 0.15) is 11.1 Å². The number of urea groups is 1. The van der Waals surface area contributed by atoms with Crippen LogP contribution in [0.4, 0.5) is 39.4 Å². The van der Waals surface area contributed by atoms with Crippen LogP contribution >= 0.6 is 0 Å². The second-order valence-electron chi connectivity index (χ2n) is 7.10. The zero-order chi connectivity index (χ0) is 22.6. The number of rotatable bonds is 5. The number of anilines is 3. The van der Waals surface area contributed by atoms with E-state index < -0.39 is 23.6 Å². The van der Waals surface area contributed by atoms with Crippen molar-refractivity contribution in [3.8, 4) is 0 Å².